The van der Waals surface area contributed by atoms with E-state index in [1.807, 2.05) is 42.6 Å². The summed E-state index contributed by atoms with van der Waals surface area (Å²) in [6.45, 7) is 4.02. The first-order chi connectivity index (χ1) is 12.7. The summed E-state index contributed by atoms with van der Waals surface area (Å²) >= 11 is 3.37. The second-order valence-electron chi connectivity index (χ2n) is 5.95. The van der Waals surface area contributed by atoms with Gasteiger partial charge in [-0.1, -0.05) is 22.0 Å². The van der Waals surface area contributed by atoms with Crippen molar-refractivity contribution < 1.29 is 14.3 Å². The summed E-state index contributed by atoms with van der Waals surface area (Å²) in [5, 5.41) is 2.89. The number of pyridine rings is 1. The zero-order chi connectivity index (χ0) is 18.2. The summed E-state index contributed by atoms with van der Waals surface area (Å²) in [6, 6.07) is 11.5. The SMILES string of the molecule is O=C(CCOc1ccc(Br)cc1)NCc1ccc(N2CCOCC2)nc1. The Morgan fingerprint density at radius 2 is 1.96 bits per heavy atom. The summed E-state index contributed by atoms with van der Waals surface area (Å²) in [5.74, 6) is 1.66. The number of ether oxygens (including phenoxy) is 2. The van der Waals surface area contributed by atoms with Crippen molar-refractivity contribution in [2.45, 2.75) is 13.0 Å². The Kier molecular flexibility index (Phi) is 6.85. The molecule has 0 radical (unpaired) electrons. The molecule has 0 saturated carbocycles. The van der Waals surface area contributed by atoms with Crippen LogP contribution in [-0.2, 0) is 16.1 Å². The third-order valence-corrected chi connectivity index (χ3v) is 4.57. The molecule has 0 unspecified atom stereocenters. The van der Waals surface area contributed by atoms with Crippen LogP contribution in [0.1, 0.15) is 12.0 Å². The molecule has 138 valence electrons. The molecule has 0 aliphatic carbocycles. The lowest BCUT2D eigenvalue weighted by molar-refractivity contribution is -0.121. The van der Waals surface area contributed by atoms with Crippen molar-refractivity contribution in [3.8, 4) is 5.75 Å². The van der Waals surface area contributed by atoms with Gasteiger partial charge in [-0.3, -0.25) is 4.79 Å². The third kappa shape index (κ3) is 5.71. The number of carbonyl (C=O) groups excluding carboxylic acids is 1. The molecule has 0 bridgehead atoms. The average Bonchev–Trinajstić information content (AvgIpc) is 2.69. The molecule has 26 heavy (non-hydrogen) atoms. The molecule has 1 amide bonds. The number of halogens is 1. The van der Waals surface area contributed by atoms with Gasteiger partial charge in [-0.15, -0.1) is 0 Å². The number of carbonyl (C=O) groups is 1. The number of benzene rings is 1. The minimum atomic E-state index is -0.0423. The number of anilines is 1. The molecule has 1 aromatic heterocycles. The molecule has 0 spiro atoms. The van der Waals surface area contributed by atoms with E-state index < -0.39 is 0 Å². The number of amides is 1. The molecule has 2 heterocycles. The highest BCUT2D eigenvalue weighted by atomic mass is 79.9. The Balaban J connectivity index is 1.37. The Bertz CT molecular complexity index is 701. The first-order valence-electron chi connectivity index (χ1n) is 8.63. The van der Waals surface area contributed by atoms with Crippen molar-refractivity contribution in [1.29, 1.82) is 0 Å². The van der Waals surface area contributed by atoms with Crippen LogP contribution in [0.4, 0.5) is 5.82 Å². The van der Waals surface area contributed by atoms with Crippen LogP contribution in [-0.4, -0.2) is 43.8 Å². The summed E-state index contributed by atoms with van der Waals surface area (Å²) in [7, 11) is 0. The van der Waals surface area contributed by atoms with Gasteiger partial charge < -0.3 is 19.7 Å². The maximum atomic E-state index is 11.9. The minimum absolute atomic E-state index is 0.0423. The smallest absolute Gasteiger partial charge is 0.223 e. The number of hydrogen-bond acceptors (Lipinski definition) is 5. The monoisotopic (exact) mass is 419 g/mol. The van der Waals surface area contributed by atoms with Crippen molar-refractivity contribution >= 4 is 27.7 Å². The van der Waals surface area contributed by atoms with Gasteiger partial charge in [0, 0.05) is 30.3 Å². The van der Waals surface area contributed by atoms with E-state index >= 15 is 0 Å². The van der Waals surface area contributed by atoms with Crippen molar-refractivity contribution in [1.82, 2.24) is 10.3 Å². The van der Waals surface area contributed by atoms with Crippen molar-refractivity contribution in [3.63, 3.8) is 0 Å². The van der Waals surface area contributed by atoms with Gasteiger partial charge in [-0.05, 0) is 35.9 Å². The van der Waals surface area contributed by atoms with Crippen LogP contribution < -0.4 is 15.0 Å². The van der Waals surface area contributed by atoms with E-state index in [0.717, 1.165) is 47.9 Å². The predicted molar refractivity (Wildman–Crippen MR) is 103 cm³/mol. The minimum Gasteiger partial charge on any atom is -0.493 e. The van der Waals surface area contributed by atoms with Crippen LogP contribution >= 0.6 is 15.9 Å². The number of aromatic nitrogens is 1. The van der Waals surface area contributed by atoms with Crippen LogP contribution in [0, 0.1) is 0 Å². The average molecular weight is 420 g/mol. The fraction of sp³-hybridized carbons (Fsp3) is 0.368. The molecule has 0 atom stereocenters. The van der Waals surface area contributed by atoms with Crippen LogP contribution in [0.2, 0.25) is 0 Å². The first kappa shape index (κ1) is 18.7. The Hall–Kier alpha value is -2.12. The number of nitrogens with zero attached hydrogens (tertiary/aromatic N) is 2. The molecule has 1 aromatic carbocycles. The molecule has 1 aliphatic rings. The molecule has 1 N–H and O–H groups in total. The molecule has 6 nitrogen and oxygen atoms in total. The first-order valence-corrected chi connectivity index (χ1v) is 9.43. The number of nitrogens with one attached hydrogen (secondary N) is 1. The highest BCUT2D eigenvalue weighted by Crippen LogP contribution is 2.16. The molecule has 7 heteroatoms. The fourth-order valence-electron chi connectivity index (χ4n) is 2.58. The van der Waals surface area contributed by atoms with E-state index in [9.17, 15) is 4.79 Å². The van der Waals surface area contributed by atoms with E-state index in [0.29, 0.717) is 19.6 Å². The van der Waals surface area contributed by atoms with Crippen LogP contribution in [0.15, 0.2) is 47.1 Å². The van der Waals surface area contributed by atoms with E-state index in [4.69, 9.17) is 9.47 Å². The van der Waals surface area contributed by atoms with Gasteiger partial charge in [0.15, 0.2) is 0 Å². The lowest BCUT2D eigenvalue weighted by Crippen LogP contribution is -2.36. The maximum absolute atomic E-state index is 11.9. The zero-order valence-electron chi connectivity index (χ0n) is 14.5. The van der Waals surface area contributed by atoms with Gasteiger partial charge in [-0.25, -0.2) is 4.98 Å². The molecule has 1 aliphatic heterocycles. The van der Waals surface area contributed by atoms with E-state index in [1.165, 1.54) is 0 Å². The van der Waals surface area contributed by atoms with Gasteiger partial charge in [0.25, 0.3) is 0 Å². The van der Waals surface area contributed by atoms with Crippen molar-refractivity contribution in [2.24, 2.45) is 0 Å². The molecule has 1 saturated heterocycles. The van der Waals surface area contributed by atoms with Gasteiger partial charge in [-0.2, -0.15) is 0 Å². The quantitative estimate of drug-likeness (QED) is 0.747. The predicted octanol–water partition coefficient (Wildman–Crippen LogP) is 2.77. The zero-order valence-corrected chi connectivity index (χ0v) is 16.1. The Morgan fingerprint density at radius 1 is 1.19 bits per heavy atom. The Morgan fingerprint density at radius 3 is 2.65 bits per heavy atom. The van der Waals surface area contributed by atoms with Crippen LogP contribution in [0.5, 0.6) is 5.75 Å². The van der Waals surface area contributed by atoms with Gasteiger partial charge >= 0.3 is 0 Å². The lowest BCUT2D eigenvalue weighted by Gasteiger charge is -2.27. The third-order valence-electron chi connectivity index (χ3n) is 4.05. The van der Waals surface area contributed by atoms with Crippen molar-refractivity contribution in [3.05, 3.63) is 52.6 Å². The summed E-state index contributed by atoms with van der Waals surface area (Å²) in [6.07, 6.45) is 2.12. The lowest BCUT2D eigenvalue weighted by atomic mass is 10.2. The van der Waals surface area contributed by atoms with Gasteiger partial charge in [0.05, 0.1) is 26.2 Å². The number of morpholine rings is 1. The second kappa shape index (κ2) is 9.54. The molecule has 2 aromatic rings. The largest absolute Gasteiger partial charge is 0.493 e. The second-order valence-corrected chi connectivity index (χ2v) is 6.87. The van der Waals surface area contributed by atoms with E-state index in [-0.39, 0.29) is 5.91 Å². The van der Waals surface area contributed by atoms with Crippen molar-refractivity contribution in [2.75, 3.05) is 37.8 Å². The fourth-order valence-corrected chi connectivity index (χ4v) is 2.85. The highest BCUT2D eigenvalue weighted by Gasteiger charge is 2.12. The normalized spacial score (nSPS) is 14.1. The Labute approximate surface area is 161 Å². The number of rotatable bonds is 7. The maximum Gasteiger partial charge on any atom is 0.223 e. The van der Waals surface area contributed by atoms with E-state index in [2.05, 4.69) is 31.1 Å². The molecular weight excluding hydrogens is 398 g/mol. The van der Waals surface area contributed by atoms with Gasteiger partial charge in [0.1, 0.15) is 11.6 Å². The van der Waals surface area contributed by atoms with E-state index in [1.54, 1.807) is 0 Å². The number of hydrogen-bond donors (Lipinski definition) is 1. The van der Waals surface area contributed by atoms with Crippen LogP contribution in [0.3, 0.4) is 0 Å². The molecule has 1 fully saturated rings. The summed E-state index contributed by atoms with van der Waals surface area (Å²) in [4.78, 5) is 18.6. The van der Waals surface area contributed by atoms with Crippen LogP contribution in [0.25, 0.3) is 0 Å². The molecular formula is C19H22BrN3O3. The topological polar surface area (TPSA) is 63.7 Å². The summed E-state index contributed by atoms with van der Waals surface area (Å²) < 4.78 is 11.9. The molecule has 3 rings (SSSR count). The highest BCUT2D eigenvalue weighted by molar-refractivity contribution is 9.10. The standard InChI is InChI=1S/C19H22BrN3O3/c20-16-2-4-17(5-3-16)26-10-7-19(24)22-14-15-1-6-18(21-13-15)23-8-11-25-12-9-23/h1-6,13H,7-12,14H2,(H,22,24). The van der Waals surface area contributed by atoms with Gasteiger partial charge in [0.2, 0.25) is 5.91 Å². The summed E-state index contributed by atoms with van der Waals surface area (Å²) in [5.41, 5.74) is 0.976.